The second-order valence-corrected chi connectivity index (χ2v) is 4.22. The van der Waals surface area contributed by atoms with Gasteiger partial charge in [-0.3, -0.25) is 4.79 Å². The molecule has 1 aromatic carbocycles. The van der Waals surface area contributed by atoms with Crippen LogP contribution in [0.2, 0.25) is 0 Å². The number of ketones is 1. The van der Waals surface area contributed by atoms with Gasteiger partial charge in [-0.2, -0.15) is 0 Å². The number of carbonyl (C=O) groups excluding carboxylic acids is 1. The van der Waals surface area contributed by atoms with Crippen LogP contribution in [0.3, 0.4) is 0 Å². The van der Waals surface area contributed by atoms with Crippen molar-refractivity contribution in [3.05, 3.63) is 29.3 Å². The Morgan fingerprint density at radius 3 is 2.61 bits per heavy atom. The van der Waals surface area contributed by atoms with Gasteiger partial charge in [0.05, 0.1) is 12.4 Å². The van der Waals surface area contributed by atoms with Gasteiger partial charge in [0.1, 0.15) is 11.5 Å². The lowest BCUT2D eigenvalue weighted by molar-refractivity contribution is -0.147. The number of halogens is 1. The van der Waals surface area contributed by atoms with Crippen LogP contribution in [0.25, 0.3) is 0 Å². The van der Waals surface area contributed by atoms with Crippen LogP contribution >= 0.6 is 15.9 Å². The van der Waals surface area contributed by atoms with E-state index in [0.29, 0.717) is 11.3 Å². The molecule has 98 valence electrons. The summed E-state index contributed by atoms with van der Waals surface area (Å²) in [6.45, 7) is 0. The maximum Gasteiger partial charge on any atom is 0.337 e. The minimum Gasteiger partial charge on any atom is -0.496 e. The van der Waals surface area contributed by atoms with E-state index in [-0.39, 0.29) is 23.1 Å². The van der Waals surface area contributed by atoms with Crippen molar-refractivity contribution in [2.24, 2.45) is 0 Å². The third-order valence-corrected chi connectivity index (χ3v) is 3.02. The summed E-state index contributed by atoms with van der Waals surface area (Å²) < 4.78 is 5.09. The topological polar surface area (TPSA) is 83.8 Å². The van der Waals surface area contributed by atoms with Gasteiger partial charge in [-0.05, 0) is 11.6 Å². The average molecular weight is 317 g/mol. The standard InChI is InChI=1S/C12H13BrO5/c1-18-10-5-8(11(15)12(16)17)3-2-7(10)4-9(14)6-13/h2-3,5,11,15H,4,6H2,1H3,(H,16,17). The first-order valence-corrected chi connectivity index (χ1v) is 6.27. The Labute approximate surface area is 113 Å². The van der Waals surface area contributed by atoms with Crippen molar-refractivity contribution in [2.45, 2.75) is 12.5 Å². The molecule has 1 aromatic rings. The van der Waals surface area contributed by atoms with Gasteiger partial charge >= 0.3 is 5.97 Å². The van der Waals surface area contributed by atoms with E-state index in [9.17, 15) is 14.7 Å². The Balaban J connectivity index is 3.03. The van der Waals surface area contributed by atoms with Gasteiger partial charge in [0.2, 0.25) is 0 Å². The van der Waals surface area contributed by atoms with Crippen LogP contribution in [-0.2, 0) is 16.0 Å². The fourth-order valence-corrected chi connectivity index (χ4v) is 1.68. The molecule has 0 aliphatic heterocycles. The minimum absolute atomic E-state index is 0.0140. The van der Waals surface area contributed by atoms with Crippen molar-refractivity contribution >= 4 is 27.7 Å². The molecular formula is C12H13BrO5. The first-order valence-electron chi connectivity index (χ1n) is 5.15. The van der Waals surface area contributed by atoms with Crippen LogP contribution in [0, 0.1) is 0 Å². The summed E-state index contributed by atoms with van der Waals surface area (Å²) >= 11 is 3.07. The lowest BCUT2D eigenvalue weighted by Gasteiger charge is -2.11. The Hall–Kier alpha value is -1.40. The molecule has 18 heavy (non-hydrogen) atoms. The van der Waals surface area contributed by atoms with Gasteiger partial charge in [-0.25, -0.2) is 4.79 Å². The van der Waals surface area contributed by atoms with Gasteiger partial charge in [0.25, 0.3) is 0 Å². The number of alkyl halides is 1. The van der Waals surface area contributed by atoms with Crippen molar-refractivity contribution in [2.75, 3.05) is 12.4 Å². The molecule has 0 bridgehead atoms. The van der Waals surface area contributed by atoms with E-state index < -0.39 is 12.1 Å². The maximum absolute atomic E-state index is 11.3. The molecule has 0 aliphatic carbocycles. The van der Waals surface area contributed by atoms with Crippen LogP contribution in [0.4, 0.5) is 0 Å². The van der Waals surface area contributed by atoms with Gasteiger partial charge in [-0.1, -0.05) is 28.1 Å². The third kappa shape index (κ3) is 3.54. The first-order chi connectivity index (χ1) is 8.49. The Morgan fingerprint density at radius 2 is 2.11 bits per heavy atom. The zero-order chi connectivity index (χ0) is 13.7. The summed E-state index contributed by atoms with van der Waals surface area (Å²) in [6.07, 6.45) is -1.41. The number of carbonyl (C=O) groups is 2. The number of rotatable bonds is 6. The molecular weight excluding hydrogens is 304 g/mol. The van der Waals surface area contributed by atoms with Crippen molar-refractivity contribution in [3.8, 4) is 5.75 Å². The highest BCUT2D eigenvalue weighted by atomic mass is 79.9. The zero-order valence-electron chi connectivity index (χ0n) is 9.72. The lowest BCUT2D eigenvalue weighted by atomic mass is 10.0. The normalized spacial score (nSPS) is 11.9. The minimum atomic E-state index is -1.60. The molecule has 1 unspecified atom stereocenters. The summed E-state index contributed by atoms with van der Waals surface area (Å²) in [7, 11) is 1.42. The second-order valence-electron chi connectivity index (χ2n) is 3.66. The molecule has 0 aliphatic rings. The van der Waals surface area contributed by atoms with Crippen molar-refractivity contribution < 1.29 is 24.5 Å². The molecule has 0 spiro atoms. The zero-order valence-corrected chi connectivity index (χ0v) is 11.3. The largest absolute Gasteiger partial charge is 0.496 e. The number of aliphatic hydroxyl groups excluding tert-OH is 1. The van der Waals surface area contributed by atoms with E-state index in [0.717, 1.165) is 0 Å². The molecule has 2 N–H and O–H groups in total. The van der Waals surface area contributed by atoms with Gasteiger partial charge in [0, 0.05) is 12.0 Å². The number of Topliss-reactive ketones (excluding diaryl/α,β-unsaturated/α-hetero) is 1. The Morgan fingerprint density at radius 1 is 1.44 bits per heavy atom. The van der Waals surface area contributed by atoms with Crippen molar-refractivity contribution in [1.29, 1.82) is 0 Å². The molecule has 0 aromatic heterocycles. The second kappa shape index (κ2) is 6.51. The van der Waals surface area contributed by atoms with E-state index in [1.807, 2.05) is 0 Å². The fraction of sp³-hybridized carbons (Fsp3) is 0.333. The van der Waals surface area contributed by atoms with Crippen molar-refractivity contribution in [3.63, 3.8) is 0 Å². The quantitative estimate of drug-likeness (QED) is 0.773. The molecule has 6 heteroatoms. The number of aliphatic hydroxyl groups is 1. The van der Waals surface area contributed by atoms with Crippen LogP contribution < -0.4 is 4.74 Å². The molecule has 0 radical (unpaired) electrons. The predicted molar refractivity (Wildman–Crippen MR) is 68.1 cm³/mol. The van der Waals surface area contributed by atoms with Gasteiger partial charge in [0.15, 0.2) is 6.10 Å². The molecule has 1 rings (SSSR count). The third-order valence-electron chi connectivity index (χ3n) is 2.40. The average Bonchev–Trinajstić information content (AvgIpc) is 2.37. The smallest absolute Gasteiger partial charge is 0.337 e. The monoisotopic (exact) mass is 316 g/mol. The molecule has 0 amide bonds. The van der Waals surface area contributed by atoms with Crippen LogP contribution in [0.5, 0.6) is 5.75 Å². The first kappa shape index (κ1) is 14.7. The highest BCUT2D eigenvalue weighted by molar-refractivity contribution is 9.09. The number of hydrogen-bond donors (Lipinski definition) is 2. The highest BCUT2D eigenvalue weighted by Crippen LogP contribution is 2.24. The number of benzene rings is 1. The predicted octanol–water partition coefficient (Wildman–Crippen LogP) is 1.32. The summed E-state index contributed by atoms with van der Waals surface area (Å²) in [4.78, 5) is 22.0. The summed E-state index contributed by atoms with van der Waals surface area (Å²) in [6, 6.07) is 4.48. The lowest BCUT2D eigenvalue weighted by Crippen LogP contribution is -2.11. The summed E-state index contributed by atoms with van der Waals surface area (Å²) in [5.74, 6) is -0.955. The maximum atomic E-state index is 11.3. The molecule has 0 saturated heterocycles. The molecule has 0 heterocycles. The van der Waals surface area contributed by atoms with E-state index in [1.165, 1.54) is 19.2 Å². The summed E-state index contributed by atoms with van der Waals surface area (Å²) in [5, 5.41) is 18.4. The van der Waals surface area contributed by atoms with Crippen LogP contribution in [0.15, 0.2) is 18.2 Å². The van der Waals surface area contributed by atoms with E-state index in [1.54, 1.807) is 6.07 Å². The number of ether oxygens (including phenoxy) is 1. The highest BCUT2D eigenvalue weighted by Gasteiger charge is 2.18. The van der Waals surface area contributed by atoms with E-state index >= 15 is 0 Å². The number of aliphatic carboxylic acids is 1. The molecule has 0 saturated carbocycles. The van der Waals surface area contributed by atoms with Gasteiger partial charge < -0.3 is 14.9 Å². The number of methoxy groups -OCH3 is 1. The SMILES string of the molecule is COc1cc(C(O)C(=O)O)ccc1CC(=O)CBr. The van der Waals surface area contributed by atoms with Crippen molar-refractivity contribution in [1.82, 2.24) is 0 Å². The molecule has 5 nitrogen and oxygen atoms in total. The number of carboxylic acids is 1. The Kier molecular flexibility index (Phi) is 5.30. The fourth-order valence-electron chi connectivity index (χ4n) is 1.48. The van der Waals surface area contributed by atoms with Gasteiger partial charge in [-0.15, -0.1) is 0 Å². The van der Waals surface area contributed by atoms with E-state index in [2.05, 4.69) is 15.9 Å². The van der Waals surface area contributed by atoms with Crippen LogP contribution in [0.1, 0.15) is 17.2 Å². The Bertz CT molecular complexity index is 458. The summed E-state index contributed by atoms with van der Waals surface area (Å²) in [5.41, 5.74) is 0.873. The molecule has 1 atom stereocenters. The van der Waals surface area contributed by atoms with Crippen LogP contribution in [-0.4, -0.2) is 34.4 Å². The van der Waals surface area contributed by atoms with E-state index in [4.69, 9.17) is 9.84 Å². The number of hydrogen-bond acceptors (Lipinski definition) is 4. The number of carboxylic acid groups (broad SMARTS) is 1. The molecule has 0 fully saturated rings.